The van der Waals surface area contributed by atoms with Crippen molar-refractivity contribution in [2.45, 2.75) is 39.0 Å². The molecule has 0 aliphatic heterocycles. The van der Waals surface area contributed by atoms with E-state index in [0.717, 1.165) is 11.6 Å². The molecule has 0 atom stereocenters. The zero-order chi connectivity index (χ0) is 17.7. The molecule has 1 aromatic heterocycles. The zero-order valence-corrected chi connectivity index (χ0v) is 15.7. The summed E-state index contributed by atoms with van der Waals surface area (Å²) in [5.41, 5.74) is 1.41. The van der Waals surface area contributed by atoms with E-state index in [1.54, 1.807) is 23.1 Å². The first kappa shape index (κ1) is 18.9. The van der Waals surface area contributed by atoms with Crippen molar-refractivity contribution in [1.82, 2.24) is 9.78 Å². The summed E-state index contributed by atoms with van der Waals surface area (Å²) in [6, 6.07) is 5.61. The van der Waals surface area contributed by atoms with Crippen LogP contribution in [0.3, 0.4) is 0 Å². The quantitative estimate of drug-likeness (QED) is 0.475. The first-order chi connectivity index (χ1) is 11.2. The monoisotopic (exact) mass is 374 g/mol. The van der Waals surface area contributed by atoms with Crippen LogP contribution >= 0.6 is 11.6 Å². The molecule has 0 N–H and O–H groups in total. The molecule has 0 radical (unpaired) electrons. The molecule has 1 aromatic carbocycles. The third-order valence-electron chi connectivity index (χ3n) is 3.28. The van der Waals surface area contributed by atoms with Crippen molar-refractivity contribution in [3.8, 4) is 16.9 Å². The third-order valence-corrected chi connectivity index (χ3v) is 5.21. The maximum Gasteiger partial charge on any atom is 0.387 e. The predicted molar refractivity (Wildman–Crippen MR) is 93.4 cm³/mol. The molecule has 2 rings (SSSR count). The van der Waals surface area contributed by atoms with Gasteiger partial charge in [-0.2, -0.15) is 13.9 Å². The highest BCUT2D eigenvalue weighted by Crippen LogP contribution is 2.29. The molecular formula is C16H21ClF2N2O2Si. The van der Waals surface area contributed by atoms with Gasteiger partial charge in [0.25, 0.3) is 0 Å². The molecular weight excluding hydrogens is 354 g/mol. The highest BCUT2D eigenvalue weighted by atomic mass is 35.5. The topological polar surface area (TPSA) is 36.3 Å². The Labute approximate surface area is 146 Å². The Morgan fingerprint density at radius 1 is 1.21 bits per heavy atom. The largest absolute Gasteiger partial charge is 0.435 e. The number of alkyl halides is 2. The second-order valence-electron chi connectivity index (χ2n) is 6.67. The SMILES string of the molecule is C[Si](C)(C)CCOCn1cc(-c2cc(Cl)cc(OC(F)F)c2)cn1. The van der Waals surface area contributed by atoms with E-state index in [1.807, 2.05) is 0 Å². The van der Waals surface area contributed by atoms with E-state index < -0.39 is 14.7 Å². The van der Waals surface area contributed by atoms with Crippen LogP contribution in [0, 0.1) is 0 Å². The summed E-state index contributed by atoms with van der Waals surface area (Å²) < 4.78 is 36.4. The summed E-state index contributed by atoms with van der Waals surface area (Å²) in [5, 5.41) is 4.54. The van der Waals surface area contributed by atoms with E-state index in [0.29, 0.717) is 23.9 Å². The third kappa shape index (κ3) is 6.22. The van der Waals surface area contributed by atoms with Crippen LogP contribution in [0.25, 0.3) is 11.1 Å². The van der Waals surface area contributed by atoms with Crippen LogP contribution in [-0.2, 0) is 11.5 Å². The molecule has 0 fully saturated rings. The lowest BCUT2D eigenvalue weighted by molar-refractivity contribution is -0.0498. The Morgan fingerprint density at radius 3 is 2.62 bits per heavy atom. The van der Waals surface area contributed by atoms with E-state index in [-0.39, 0.29) is 5.75 Å². The summed E-state index contributed by atoms with van der Waals surface area (Å²) >= 11 is 5.96. The first-order valence-corrected chi connectivity index (χ1v) is 11.7. The number of rotatable bonds is 8. The Bertz CT molecular complexity index is 674. The van der Waals surface area contributed by atoms with Gasteiger partial charge in [-0.15, -0.1) is 0 Å². The molecule has 4 nitrogen and oxygen atoms in total. The molecule has 8 heteroatoms. The molecule has 1 heterocycles. The number of nitrogens with zero attached hydrogens (tertiary/aromatic N) is 2. The van der Waals surface area contributed by atoms with Crippen molar-refractivity contribution in [2.75, 3.05) is 6.61 Å². The van der Waals surface area contributed by atoms with Crippen molar-refractivity contribution in [3.63, 3.8) is 0 Å². The molecule has 2 aromatic rings. The lowest BCUT2D eigenvalue weighted by Gasteiger charge is -2.15. The molecule has 0 bridgehead atoms. The fourth-order valence-corrected chi connectivity index (χ4v) is 3.00. The van der Waals surface area contributed by atoms with E-state index in [4.69, 9.17) is 16.3 Å². The highest BCUT2D eigenvalue weighted by Gasteiger charge is 2.12. The number of ether oxygens (including phenoxy) is 2. The Kier molecular flexibility index (Phi) is 6.37. The smallest absolute Gasteiger partial charge is 0.387 e. The number of aromatic nitrogens is 2. The van der Waals surface area contributed by atoms with Gasteiger partial charge in [-0.25, -0.2) is 4.68 Å². The molecule has 132 valence electrons. The molecule has 0 aliphatic carbocycles. The molecule has 0 saturated heterocycles. The Balaban J connectivity index is 2.01. The summed E-state index contributed by atoms with van der Waals surface area (Å²) in [4.78, 5) is 0. The van der Waals surface area contributed by atoms with Gasteiger partial charge >= 0.3 is 6.61 Å². The van der Waals surface area contributed by atoms with Crippen LogP contribution in [0.4, 0.5) is 8.78 Å². The average Bonchev–Trinajstić information content (AvgIpc) is 2.90. The minimum Gasteiger partial charge on any atom is -0.435 e. The zero-order valence-electron chi connectivity index (χ0n) is 13.9. The van der Waals surface area contributed by atoms with E-state index in [2.05, 4.69) is 29.5 Å². The van der Waals surface area contributed by atoms with Crippen LogP contribution < -0.4 is 4.74 Å². The van der Waals surface area contributed by atoms with Crippen LogP contribution in [0.5, 0.6) is 5.75 Å². The van der Waals surface area contributed by atoms with Crippen LogP contribution in [0.2, 0.25) is 30.7 Å². The number of hydrogen-bond donors (Lipinski definition) is 0. The standard InChI is InChI=1S/C16H21ClF2N2O2Si/c1-24(2,3)5-4-22-11-21-10-13(9-20-21)12-6-14(17)8-15(7-12)23-16(18)19/h6-10,16H,4-5,11H2,1-3H3. The Hall–Kier alpha value is -1.44. The fourth-order valence-electron chi connectivity index (χ4n) is 2.02. The minimum absolute atomic E-state index is 0.0200. The predicted octanol–water partition coefficient (Wildman–Crippen LogP) is 5.12. The van der Waals surface area contributed by atoms with Gasteiger partial charge in [0, 0.05) is 31.5 Å². The van der Waals surface area contributed by atoms with Crippen molar-refractivity contribution in [2.24, 2.45) is 0 Å². The van der Waals surface area contributed by atoms with Crippen LogP contribution in [0.1, 0.15) is 0 Å². The summed E-state index contributed by atoms with van der Waals surface area (Å²) in [5.74, 6) is 0.0200. The summed E-state index contributed by atoms with van der Waals surface area (Å²) in [6.07, 6.45) is 3.42. The normalized spacial score (nSPS) is 12.0. The van der Waals surface area contributed by atoms with Gasteiger partial charge in [0.2, 0.25) is 0 Å². The number of hydrogen-bond acceptors (Lipinski definition) is 3. The van der Waals surface area contributed by atoms with Gasteiger partial charge < -0.3 is 9.47 Å². The maximum atomic E-state index is 12.4. The number of benzene rings is 1. The van der Waals surface area contributed by atoms with E-state index in [9.17, 15) is 8.78 Å². The van der Waals surface area contributed by atoms with E-state index >= 15 is 0 Å². The molecule has 0 spiro atoms. The molecule has 24 heavy (non-hydrogen) atoms. The number of halogens is 3. The second-order valence-corrected chi connectivity index (χ2v) is 12.7. The first-order valence-electron chi connectivity index (χ1n) is 7.59. The average molecular weight is 375 g/mol. The second kappa shape index (κ2) is 8.09. The Morgan fingerprint density at radius 2 is 1.96 bits per heavy atom. The molecule has 0 aliphatic rings. The van der Waals surface area contributed by atoms with Gasteiger partial charge in [0.15, 0.2) is 0 Å². The summed E-state index contributed by atoms with van der Waals surface area (Å²) in [6.45, 7) is 5.04. The highest BCUT2D eigenvalue weighted by molar-refractivity contribution is 6.76. The van der Waals surface area contributed by atoms with Crippen LogP contribution in [0.15, 0.2) is 30.6 Å². The molecule has 0 saturated carbocycles. The summed E-state index contributed by atoms with van der Waals surface area (Å²) in [7, 11) is -1.11. The van der Waals surface area contributed by atoms with Crippen molar-refractivity contribution >= 4 is 19.7 Å². The van der Waals surface area contributed by atoms with Crippen molar-refractivity contribution in [3.05, 3.63) is 35.6 Å². The van der Waals surface area contributed by atoms with Gasteiger partial charge in [-0.3, -0.25) is 0 Å². The fraction of sp³-hybridized carbons (Fsp3) is 0.438. The van der Waals surface area contributed by atoms with Gasteiger partial charge in [-0.05, 0) is 29.8 Å². The lowest BCUT2D eigenvalue weighted by Crippen LogP contribution is -2.22. The maximum absolute atomic E-state index is 12.4. The van der Waals surface area contributed by atoms with Crippen molar-refractivity contribution < 1.29 is 18.3 Å². The van der Waals surface area contributed by atoms with Gasteiger partial charge in [0.1, 0.15) is 12.5 Å². The minimum atomic E-state index is -2.89. The lowest BCUT2D eigenvalue weighted by atomic mass is 10.1. The van der Waals surface area contributed by atoms with Crippen LogP contribution in [-0.4, -0.2) is 31.1 Å². The molecule has 0 unspecified atom stereocenters. The molecule has 0 amide bonds. The van der Waals surface area contributed by atoms with Crippen molar-refractivity contribution in [1.29, 1.82) is 0 Å². The van der Waals surface area contributed by atoms with E-state index in [1.165, 1.54) is 12.1 Å². The van der Waals surface area contributed by atoms with Gasteiger partial charge in [-0.1, -0.05) is 31.2 Å². The van der Waals surface area contributed by atoms with Gasteiger partial charge in [0.05, 0.1) is 6.20 Å².